The Morgan fingerprint density at radius 2 is 1.60 bits per heavy atom. The molecule has 20 heavy (non-hydrogen) atoms. The minimum atomic E-state index is 0.358. The third kappa shape index (κ3) is 2.74. The van der Waals surface area contributed by atoms with Crippen LogP contribution in [-0.2, 0) is 4.79 Å². The Labute approximate surface area is 122 Å². The van der Waals surface area contributed by atoms with Gasteiger partial charge >= 0.3 is 0 Å². The van der Waals surface area contributed by atoms with Gasteiger partial charge in [-0.1, -0.05) is 12.8 Å². The molecule has 1 amide bonds. The number of hydrogen-bond acceptors (Lipinski definition) is 2. The summed E-state index contributed by atoms with van der Waals surface area (Å²) in [6.07, 6.45) is 11.7. The van der Waals surface area contributed by atoms with Gasteiger partial charge in [-0.15, -0.1) is 0 Å². The van der Waals surface area contributed by atoms with Crippen molar-refractivity contribution in [2.24, 2.45) is 17.8 Å². The number of nitrogens with zero attached hydrogens (tertiary/aromatic N) is 1. The summed E-state index contributed by atoms with van der Waals surface area (Å²) in [5.41, 5.74) is 0. The zero-order valence-electron chi connectivity index (χ0n) is 12.5. The van der Waals surface area contributed by atoms with Crippen molar-refractivity contribution in [2.75, 3.05) is 13.1 Å². The Kier molecular flexibility index (Phi) is 3.49. The Bertz CT molecular complexity index is 357. The number of nitrogens with one attached hydrogen (secondary N) is 1. The van der Waals surface area contributed by atoms with E-state index in [0.717, 1.165) is 43.8 Å². The lowest BCUT2D eigenvalue weighted by atomic mass is 10.1. The van der Waals surface area contributed by atoms with Crippen LogP contribution in [0.5, 0.6) is 0 Å². The van der Waals surface area contributed by atoms with Gasteiger partial charge in [0.2, 0.25) is 5.91 Å². The van der Waals surface area contributed by atoms with Gasteiger partial charge in [-0.2, -0.15) is 0 Å². The molecule has 0 aromatic carbocycles. The SMILES string of the molecule is O=C(C1CCCC1)N1CC[C@@H](NC(C2CC2)C2CC2)C1. The first-order chi connectivity index (χ1) is 9.81. The molecule has 1 heterocycles. The molecule has 3 nitrogen and oxygen atoms in total. The lowest BCUT2D eigenvalue weighted by Gasteiger charge is -2.24. The van der Waals surface area contributed by atoms with E-state index in [9.17, 15) is 4.79 Å². The molecule has 3 saturated carbocycles. The van der Waals surface area contributed by atoms with Gasteiger partial charge in [-0.05, 0) is 56.8 Å². The van der Waals surface area contributed by atoms with Gasteiger partial charge in [0.1, 0.15) is 0 Å². The maximum atomic E-state index is 12.5. The van der Waals surface area contributed by atoms with Crippen LogP contribution in [0.1, 0.15) is 57.8 Å². The molecule has 0 spiro atoms. The summed E-state index contributed by atoms with van der Waals surface area (Å²) < 4.78 is 0. The fourth-order valence-corrected chi connectivity index (χ4v) is 4.37. The van der Waals surface area contributed by atoms with Crippen LogP contribution < -0.4 is 5.32 Å². The van der Waals surface area contributed by atoms with Gasteiger partial charge in [-0.3, -0.25) is 4.79 Å². The van der Waals surface area contributed by atoms with Crippen LogP contribution in [0.3, 0.4) is 0 Å². The van der Waals surface area contributed by atoms with Crippen LogP contribution >= 0.6 is 0 Å². The molecule has 112 valence electrons. The van der Waals surface area contributed by atoms with Gasteiger partial charge in [0.15, 0.2) is 0 Å². The van der Waals surface area contributed by atoms with Gasteiger partial charge in [0.05, 0.1) is 0 Å². The van der Waals surface area contributed by atoms with Crippen LogP contribution in [0.25, 0.3) is 0 Å². The van der Waals surface area contributed by atoms with Crippen LogP contribution in [0.4, 0.5) is 0 Å². The minimum absolute atomic E-state index is 0.358. The van der Waals surface area contributed by atoms with Gasteiger partial charge < -0.3 is 10.2 Å². The highest BCUT2D eigenvalue weighted by molar-refractivity contribution is 5.79. The van der Waals surface area contributed by atoms with E-state index in [0.29, 0.717) is 17.9 Å². The highest BCUT2D eigenvalue weighted by Crippen LogP contribution is 2.45. The first kappa shape index (κ1) is 13.1. The predicted octanol–water partition coefficient (Wildman–Crippen LogP) is 2.56. The van der Waals surface area contributed by atoms with Crippen LogP contribution in [0.15, 0.2) is 0 Å². The fraction of sp³-hybridized carbons (Fsp3) is 0.941. The molecule has 0 aromatic heterocycles. The molecule has 0 bridgehead atoms. The normalized spacial score (nSPS) is 31.4. The lowest BCUT2D eigenvalue weighted by molar-refractivity contribution is -0.134. The molecule has 1 aliphatic heterocycles. The number of amides is 1. The minimum Gasteiger partial charge on any atom is -0.341 e. The topological polar surface area (TPSA) is 32.3 Å². The number of rotatable bonds is 5. The second kappa shape index (κ2) is 5.32. The summed E-state index contributed by atoms with van der Waals surface area (Å²) in [7, 11) is 0. The van der Waals surface area contributed by atoms with Crippen molar-refractivity contribution in [3.63, 3.8) is 0 Å². The van der Waals surface area contributed by atoms with Gasteiger partial charge in [0, 0.05) is 31.1 Å². The standard InChI is InChI=1S/C17H28N2O/c20-17(14-3-1-2-4-14)19-10-9-15(11-19)18-16(12-5-6-12)13-7-8-13/h12-16,18H,1-11H2/t15-/m1/s1. The fourth-order valence-electron chi connectivity index (χ4n) is 4.37. The molecule has 0 radical (unpaired) electrons. The molecule has 4 aliphatic rings. The van der Waals surface area contributed by atoms with E-state index < -0.39 is 0 Å². The highest BCUT2D eigenvalue weighted by Gasteiger charge is 2.43. The van der Waals surface area contributed by atoms with E-state index in [1.807, 2.05) is 0 Å². The third-order valence-electron chi connectivity index (χ3n) is 5.89. The second-order valence-corrected chi connectivity index (χ2v) is 7.62. The van der Waals surface area contributed by atoms with Gasteiger partial charge in [0.25, 0.3) is 0 Å². The van der Waals surface area contributed by atoms with Crippen LogP contribution in [-0.4, -0.2) is 36.0 Å². The average Bonchev–Trinajstić information content (AvgIpc) is 3.38. The molecule has 1 N–H and O–H groups in total. The van der Waals surface area contributed by atoms with Crippen LogP contribution in [0, 0.1) is 17.8 Å². The highest BCUT2D eigenvalue weighted by atomic mass is 16.2. The van der Waals surface area contributed by atoms with E-state index in [-0.39, 0.29) is 0 Å². The Balaban J connectivity index is 1.29. The van der Waals surface area contributed by atoms with Crippen molar-refractivity contribution in [3.8, 4) is 0 Å². The summed E-state index contributed by atoms with van der Waals surface area (Å²) in [5.74, 6) is 2.74. The lowest BCUT2D eigenvalue weighted by Crippen LogP contribution is -2.43. The van der Waals surface area contributed by atoms with Crippen molar-refractivity contribution in [1.82, 2.24) is 10.2 Å². The summed E-state index contributed by atoms with van der Waals surface area (Å²) in [5, 5.41) is 3.92. The molecule has 1 saturated heterocycles. The molecule has 4 rings (SSSR count). The smallest absolute Gasteiger partial charge is 0.225 e. The zero-order chi connectivity index (χ0) is 13.5. The molecule has 4 fully saturated rings. The molecular weight excluding hydrogens is 248 g/mol. The predicted molar refractivity (Wildman–Crippen MR) is 79.3 cm³/mol. The maximum absolute atomic E-state index is 12.5. The first-order valence-electron chi connectivity index (χ1n) is 8.86. The third-order valence-corrected chi connectivity index (χ3v) is 5.89. The first-order valence-corrected chi connectivity index (χ1v) is 8.86. The van der Waals surface area contributed by atoms with Crippen molar-refractivity contribution in [2.45, 2.75) is 69.9 Å². The largest absolute Gasteiger partial charge is 0.341 e. The second-order valence-electron chi connectivity index (χ2n) is 7.62. The molecule has 0 aromatic rings. The van der Waals surface area contributed by atoms with Crippen molar-refractivity contribution >= 4 is 5.91 Å². The summed E-state index contributed by atoms with van der Waals surface area (Å²) >= 11 is 0. The molecule has 3 aliphatic carbocycles. The number of carbonyl (C=O) groups excluding carboxylic acids is 1. The monoisotopic (exact) mass is 276 g/mol. The molecule has 1 atom stereocenters. The van der Waals surface area contributed by atoms with Crippen molar-refractivity contribution < 1.29 is 4.79 Å². The zero-order valence-corrected chi connectivity index (χ0v) is 12.5. The van der Waals surface area contributed by atoms with Crippen LogP contribution in [0.2, 0.25) is 0 Å². The van der Waals surface area contributed by atoms with E-state index in [1.54, 1.807) is 0 Å². The summed E-state index contributed by atoms with van der Waals surface area (Å²) in [6, 6.07) is 1.35. The van der Waals surface area contributed by atoms with Gasteiger partial charge in [-0.25, -0.2) is 0 Å². The maximum Gasteiger partial charge on any atom is 0.225 e. The van der Waals surface area contributed by atoms with Crippen molar-refractivity contribution in [3.05, 3.63) is 0 Å². The Morgan fingerprint density at radius 3 is 2.20 bits per heavy atom. The molecule has 3 heteroatoms. The number of carbonyl (C=O) groups is 1. The average molecular weight is 276 g/mol. The van der Waals surface area contributed by atoms with E-state index >= 15 is 0 Å². The van der Waals surface area contributed by atoms with E-state index in [4.69, 9.17) is 0 Å². The van der Waals surface area contributed by atoms with E-state index in [2.05, 4.69) is 10.2 Å². The Hall–Kier alpha value is -0.570. The quantitative estimate of drug-likeness (QED) is 0.837. The van der Waals surface area contributed by atoms with E-state index in [1.165, 1.54) is 44.9 Å². The molecular formula is C17H28N2O. The Morgan fingerprint density at radius 1 is 0.950 bits per heavy atom. The molecule has 0 unspecified atom stereocenters. The summed E-state index contributed by atoms with van der Waals surface area (Å²) in [4.78, 5) is 14.6. The van der Waals surface area contributed by atoms with Crippen molar-refractivity contribution in [1.29, 1.82) is 0 Å². The number of likely N-dealkylation sites (tertiary alicyclic amines) is 1. The number of hydrogen-bond donors (Lipinski definition) is 1. The summed E-state index contributed by atoms with van der Waals surface area (Å²) in [6.45, 7) is 1.97.